The van der Waals surface area contributed by atoms with Crippen LogP contribution < -0.4 is 5.56 Å². The van der Waals surface area contributed by atoms with E-state index >= 15 is 0 Å². The molecule has 1 aliphatic heterocycles. The molecule has 3 heterocycles. The number of hydrogen-bond acceptors (Lipinski definition) is 5. The summed E-state index contributed by atoms with van der Waals surface area (Å²) in [6, 6.07) is 0. The number of fused-ring (bicyclic) bond motifs is 1. The van der Waals surface area contributed by atoms with Crippen molar-refractivity contribution < 1.29 is 4.74 Å². The second-order valence-electron chi connectivity index (χ2n) is 3.52. The summed E-state index contributed by atoms with van der Waals surface area (Å²) in [6.45, 7) is 0.981. The second-order valence-corrected chi connectivity index (χ2v) is 4.23. The number of aromatic amines is 1. The lowest BCUT2D eigenvalue weighted by Gasteiger charge is -2.14. The van der Waals surface area contributed by atoms with Crippen molar-refractivity contribution in [1.29, 1.82) is 0 Å². The third kappa shape index (κ3) is 1.56. The summed E-state index contributed by atoms with van der Waals surface area (Å²) in [6.07, 6.45) is 0.691. The molecule has 0 aliphatic carbocycles. The predicted molar refractivity (Wildman–Crippen MR) is 59.3 cm³/mol. The molecule has 0 radical (unpaired) electrons. The Morgan fingerprint density at radius 3 is 3.25 bits per heavy atom. The van der Waals surface area contributed by atoms with Gasteiger partial charge in [0.1, 0.15) is 5.69 Å². The zero-order chi connectivity index (χ0) is 11.0. The van der Waals surface area contributed by atoms with Gasteiger partial charge in [0, 0.05) is 11.8 Å². The second kappa shape index (κ2) is 3.80. The normalized spacial score (nSPS) is 14.8. The van der Waals surface area contributed by atoms with Gasteiger partial charge in [0.25, 0.3) is 5.56 Å². The van der Waals surface area contributed by atoms with E-state index in [0.717, 1.165) is 11.4 Å². The molecule has 82 valence electrons. The summed E-state index contributed by atoms with van der Waals surface area (Å²) in [4.78, 5) is 23.1. The van der Waals surface area contributed by atoms with Gasteiger partial charge < -0.3 is 9.72 Å². The number of hydrogen-bond donors (Lipinski definition) is 1. The SMILES string of the molecule is O=c1[nH]c(-c2cscn2)nc2c1COCC2. The first kappa shape index (κ1) is 9.68. The number of aromatic nitrogens is 3. The molecule has 6 heteroatoms. The Labute approximate surface area is 95.2 Å². The first-order chi connectivity index (χ1) is 7.84. The fraction of sp³-hybridized carbons (Fsp3) is 0.300. The Morgan fingerprint density at radius 2 is 2.44 bits per heavy atom. The maximum atomic E-state index is 11.8. The molecule has 0 fully saturated rings. The van der Waals surface area contributed by atoms with Crippen molar-refractivity contribution in [2.75, 3.05) is 6.61 Å². The number of rotatable bonds is 1. The molecule has 3 rings (SSSR count). The maximum Gasteiger partial charge on any atom is 0.257 e. The van der Waals surface area contributed by atoms with E-state index in [1.807, 2.05) is 5.38 Å². The number of H-pyrrole nitrogens is 1. The molecule has 0 atom stereocenters. The van der Waals surface area contributed by atoms with Crippen molar-refractivity contribution in [3.05, 3.63) is 32.5 Å². The van der Waals surface area contributed by atoms with E-state index in [4.69, 9.17) is 4.74 Å². The van der Waals surface area contributed by atoms with Gasteiger partial charge in [-0.3, -0.25) is 4.79 Å². The Kier molecular flexibility index (Phi) is 2.30. The van der Waals surface area contributed by atoms with Gasteiger partial charge in [0.2, 0.25) is 0 Å². The first-order valence-electron chi connectivity index (χ1n) is 4.93. The minimum atomic E-state index is -0.118. The van der Waals surface area contributed by atoms with Crippen LogP contribution in [0.1, 0.15) is 11.3 Å². The standard InChI is InChI=1S/C10H9N3O2S/c14-10-6-3-15-2-1-7(6)12-9(13-10)8-4-16-5-11-8/h4-5H,1-3H2,(H,12,13,14). The zero-order valence-electron chi connectivity index (χ0n) is 8.40. The molecule has 0 aromatic carbocycles. The molecule has 2 aromatic rings. The summed E-state index contributed by atoms with van der Waals surface area (Å²) in [5.41, 5.74) is 3.80. The van der Waals surface area contributed by atoms with Crippen LogP contribution in [0.25, 0.3) is 11.5 Å². The first-order valence-corrected chi connectivity index (χ1v) is 5.87. The number of nitrogens with one attached hydrogen (secondary N) is 1. The molecule has 1 aliphatic rings. The van der Waals surface area contributed by atoms with Crippen molar-refractivity contribution in [3.63, 3.8) is 0 Å². The van der Waals surface area contributed by atoms with Crippen LogP contribution >= 0.6 is 11.3 Å². The maximum absolute atomic E-state index is 11.8. The highest BCUT2D eigenvalue weighted by Crippen LogP contribution is 2.16. The van der Waals surface area contributed by atoms with E-state index in [-0.39, 0.29) is 5.56 Å². The summed E-state index contributed by atoms with van der Waals surface area (Å²) < 4.78 is 5.23. The van der Waals surface area contributed by atoms with Crippen LogP contribution in [0.3, 0.4) is 0 Å². The summed E-state index contributed by atoms with van der Waals surface area (Å²) in [5.74, 6) is 0.548. The van der Waals surface area contributed by atoms with Crippen LogP contribution in [-0.2, 0) is 17.8 Å². The summed E-state index contributed by atoms with van der Waals surface area (Å²) in [7, 11) is 0. The lowest BCUT2D eigenvalue weighted by molar-refractivity contribution is 0.108. The minimum absolute atomic E-state index is 0.118. The average Bonchev–Trinajstić information content (AvgIpc) is 2.82. The Morgan fingerprint density at radius 1 is 1.50 bits per heavy atom. The van der Waals surface area contributed by atoms with Crippen molar-refractivity contribution in [3.8, 4) is 11.5 Å². The van der Waals surface area contributed by atoms with Gasteiger partial charge in [0.15, 0.2) is 5.82 Å². The molecule has 16 heavy (non-hydrogen) atoms. The van der Waals surface area contributed by atoms with Crippen molar-refractivity contribution >= 4 is 11.3 Å². The lowest BCUT2D eigenvalue weighted by atomic mass is 10.1. The van der Waals surface area contributed by atoms with Gasteiger partial charge in [-0.05, 0) is 0 Å². The molecule has 5 nitrogen and oxygen atoms in total. The molecule has 0 saturated heterocycles. The van der Waals surface area contributed by atoms with E-state index in [1.165, 1.54) is 11.3 Å². The zero-order valence-corrected chi connectivity index (χ0v) is 9.21. The van der Waals surface area contributed by atoms with Crippen LogP contribution in [0.5, 0.6) is 0 Å². The van der Waals surface area contributed by atoms with Gasteiger partial charge in [-0.15, -0.1) is 11.3 Å². The number of thiazole rings is 1. The summed E-state index contributed by atoms with van der Waals surface area (Å²) >= 11 is 1.48. The van der Waals surface area contributed by atoms with Gasteiger partial charge in [-0.1, -0.05) is 0 Å². The van der Waals surface area contributed by atoms with Crippen LogP contribution in [-0.4, -0.2) is 21.6 Å². The predicted octanol–water partition coefficient (Wildman–Crippen LogP) is 0.966. The van der Waals surface area contributed by atoms with Crippen molar-refractivity contribution in [1.82, 2.24) is 15.0 Å². The smallest absolute Gasteiger partial charge is 0.257 e. The molecule has 0 saturated carbocycles. The van der Waals surface area contributed by atoms with Crippen LogP contribution in [0.15, 0.2) is 15.7 Å². The van der Waals surface area contributed by atoms with E-state index < -0.39 is 0 Å². The van der Waals surface area contributed by atoms with Gasteiger partial charge in [-0.25, -0.2) is 9.97 Å². The molecule has 0 unspecified atom stereocenters. The highest BCUT2D eigenvalue weighted by molar-refractivity contribution is 7.07. The fourth-order valence-electron chi connectivity index (χ4n) is 1.69. The third-order valence-electron chi connectivity index (χ3n) is 2.51. The van der Waals surface area contributed by atoms with Crippen LogP contribution in [0.2, 0.25) is 0 Å². The van der Waals surface area contributed by atoms with E-state index in [2.05, 4.69) is 15.0 Å². The van der Waals surface area contributed by atoms with Gasteiger partial charge in [0.05, 0.1) is 30.0 Å². The van der Waals surface area contributed by atoms with Crippen molar-refractivity contribution in [2.45, 2.75) is 13.0 Å². The molecule has 1 N–H and O–H groups in total. The lowest BCUT2D eigenvalue weighted by Crippen LogP contribution is -2.24. The highest BCUT2D eigenvalue weighted by atomic mass is 32.1. The largest absolute Gasteiger partial charge is 0.376 e. The van der Waals surface area contributed by atoms with E-state index in [9.17, 15) is 4.79 Å². The Bertz CT molecular complexity index is 562. The van der Waals surface area contributed by atoms with Gasteiger partial charge in [-0.2, -0.15) is 0 Å². The Hall–Kier alpha value is -1.53. The monoisotopic (exact) mass is 235 g/mol. The minimum Gasteiger partial charge on any atom is -0.376 e. The summed E-state index contributed by atoms with van der Waals surface area (Å²) in [5, 5.41) is 1.87. The molecule has 0 amide bonds. The van der Waals surface area contributed by atoms with E-state index in [0.29, 0.717) is 31.0 Å². The number of ether oxygens (including phenoxy) is 1. The Balaban J connectivity index is 2.16. The molecule has 2 aromatic heterocycles. The van der Waals surface area contributed by atoms with E-state index in [1.54, 1.807) is 5.51 Å². The third-order valence-corrected chi connectivity index (χ3v) is 3.09. The quantitative estimate of drug-likeness (QED) is 0.799. The van der Waals surface area contributed by atoms with Crippen LogP contribution in [0.4, 0.5) is 0 Å². The molecule has 0 spiro atoms. The van der Waals surface area contributed by atoms with Crippen molar-refractivity contribution in [2.24, 2.45) is 0 Å². The van der Waals surface area contributed by atoms with Crippen LogP contribution in [0, 0.1) is 0 Å². The topological polar surface area (TPSA) is 67.9 Å². The molecule has 0 bridgehead atoms. The fourth-order valence-corrected chi connectivity index (χ4v) is 2.23. The highest BCUT2D eigenvalue weighted by Gasteiger charge is 2.16. The number of nitrogens with zero attached hydrogens (tertiary/aromatic N) is 2. The molecular formula is C10H9N3O2S. The molecular weight excluding hydrogens is 226 g/mol. The van der Waals surface area contributed by atoms with Gasteiger partial charge >= 0.3 is 0 Å². The average molecular weight is 235 g/mol.